The second-order valence-corrected chi connectivity index (χ2v) is 8.19. The van der Waals surface area contributed by atoms with E-state index in [2.05, 4.69) is 31.0 Å². The number of pyridine rings is 1. The molecular formula is C24H23N3O3S. The van der Waals surface area contributed by atoms with E-state index in [9.17, 15) is 4.79 Å². The van der Waals surface area contributed by atoms with Gasteiger partial charge in [-0.1, -0.05) is 17.4 Å². The summed E-state index contributed by atoms with van der Waals surface area (Å²) in [5.74, 6) is 0.830. The van der Waals surface area contributed by atoms with Crippen LogP contribution in [-0.4, -0.2) is 30.1 Å². The number of anilines is 1. The molecule has 0 spiro atoms. The molecule has 2 aromatic carbocycles. The van der Waals surface area contributed by atoms with E-state index in [1.807, 2.05) is 18.2 Å². The minimum absolute atomic E-state index is 0.228. The molecule has 1 amide bonds. The average Bonchev–Trinajstić information content (AvgIpc) is 3.19. The molecule has 0 saturated carbocycles. The largest absolute Gasteiger partial charge is 0.497 e. The van der Waals surface area contributed by atoms with Crippen LogP contribution in [0.15, 0.2) is 54.7 Å². The zero-order valence-corrected chi connectivity index (χ0v) is 18.7. The molecule has 0 radical (unpaired) electrons. The minimum Gasteiger partial charge on any atom is -0.497 e. The van der Waals surface area contributed by atoms with Crippen molar-refractivity contribution in [3.05, 3.63) is 77.1 Å². The zero-order chi connectivity index (χ0) is 22.0. The van der Waals surface area contributed by atoms with Crippen molar-refractivity contribution >= 4 is 32.6 Å². The Bertz CT molecular complexity index is 1200. The van der Waals surface area contributed by atoms with Gasteiger partial charge in [0.15, 0.2) is 5.13 Å². The van der Waals surface area contributed by atoms with Crippen LogP contribution < -0.4 is 14.4 Å². The van der Waals surface area contributed by atoms with E-state index in [0.717, 1.165) is 15.9 Å². The maximum Gasteiger partial charge on any atom is 0.264 e. The summed E-state index contributed by atoms with van der Waals surface area (Å²) >= 11 is 1.49. The van der Waals surface area contributed by atoms with E-state index in [1.165, 1.54) is 22.5 Å². The molecule has 0 unspecified atom stereocenters. The van der Waals surface area contributed by atoms with E-state index < -0.39 is 0 Å². The van der Waals surface area contributed by atoms with Crippen molar-refractivity contribution in [1.82, 2.24) is 9.97 Å². The monoisotopic (exact) mass is 433 g/mol. The number of amides is 1. The molecule has 2 heterocycles. The van der Waals surface area contributed by atoms with Gasteiger partial charge >= 0.3 is 0 Å². The maximum atomic E-state index is 13.7. The molecule has 0 saturated heterocycles. The lowest BCUT2D eigenvalue weighted by atomic mass is 10.1. The van der Waals surface area contributed by atoms with Crippen molar-refractivity contribution in [3.8, 4) is 11.5 Å². The number of carbonyl (C=O) groups is 1. The lowest BCUT2D eigenvalue weighted by Gasteiger charge is -2.21. The van der Waals surface area contributed by atoms with Crippen LogP contribution in [0.1, 0.15) is 27.2 Å². The Morgan fingerprint density at radius 3 is 2.55 bits per heavy atom. The Balaban J connectivity index is 1.83. The summed E-state index contributed by atoms with van der Waals surface area (Å²) in [6.07, 6.45) is 1.72. The highest BCUT2D eigenvalue weighted by Crippen LogP contribution is 2.34. The van der Waals surface area contributed by atoms with E-state index in [-0.39, 0.29) is 12.5 Å². The molecule has 0 atom stereocenters. The number of nitrogens with zero attached hydrogens (tertiary/aromatic N) is 3. The summed E-state index contributed by atoms with van der Waals surface area (Å²) in [5.41, 5.74) is 4.41. The highest BCUT2D eigenvalue weighted by molar-refractivity contribution is 7.22. The predicted octanol–water partition coefficient (Wildman–Crippen LogP) is 5.17. The van der Waals surface area contributed by atoms with Gasteiger partial charge in [0.2, 0.25) is 0 Å². The van der Waals surface area contributed by atoms with Gasteiger partial charge in [-0.3, -0.25) is 14.7 Å². The van der Waals surface area contributed by atoms with Crippen molar-refractivity contribution in [1.29, 1.82) is 0 Å². The van der Waals surface area contributed by atoms with Gasteiger partial charge in [0.1, 0.15) is 11.5 Å². The molecule has 0 bridgehead atoms. The first-order valence-corrected chi connectivity index (χ1v) is 10.6. The first-order valence-electron chi connectivity index (χ1n) is 9.81. The lowest BCUT2D eigenvalue weighted by Crippen LogP contribution is -2.31. The third-order valence-electron chi connectivity index (χ3n) is 5.15. The van der Waals surface area contributed by atoms with E-state index in [1.54, 1.807) is 43.5 Å². The number of benzene rings is 2. The second-order valence-electron chi connectivity index (χ2n) is 7.18. The van der Waals surface area contributed by atoms with Gasteiger partial charge in [-0.05, 0) is 67.4 Å². The van der Waals surface area contributed by atoms with Gasteiger partial charge in [-0.2, -0.15) is 0 Å². The number of ether oxygens (including phenoxy) is 2. The van der Waals surface area contributed by atoms with Crippen molar-refractivity contribution in [2.24, 2.45) is 0 Å². The third-order valence-corrected chi connectivity index (χ3v) is 6.19. The molecular weight excluding hydrogens is 410 g/mol. The van der Waals surface area contributed by atoms with Crippen LogP contribution in [-0.2, 0) is 6.54 Å². The van der Waals surface area contributed by atoms with Crippen LogP contribution >= 0.6 is 11.3 Å². The Labute approximate surface area is 185 Å². The molecule has 31 heavy (non-hydrogen) atoms. The van der Waals surface area contributed by atoms with Crippen LogP contribution in [0.2, 0.25) is 0 Å². The Morgan fingerprint density at radius 1 is 1.03 bits per heavy atom. The number of fused-ring (bicyclic) bond motifs is 1. The number of carbonyl (C=O) groups excluding carboxylic acids is 1. The molecule has 0 aliphatic heterocycles. The van der Waals surface area contributed by atoms with Gasteiger partial charge in [-0.15, -0.1) is 0 Å². The highest BCUT2D eigenvalue weighted by Gasteiger charge is 2.25. The fraction of sp³-hybridized carbons (Fsp3) is 0.208. The van der Waals surface area contributed by atoms with Crippen LogP contribution in [0.4, 0.5) is 5.13 Å². The van der Waals surface area contributed by atoms with Gasteiger partial charge in [0.05, 0.1) is 42.2 Å². The van der Waals surface area contributed by atoms with Crippen LogP contribution in [0, 0.1) is 13.8 Å². The van der Waals surface area contributed by atoms with E-state index in [4.69, 9.17) is 14.5 Å². The number of hydrogen-bond acceptors (Lipinski definition) is 6. The van der Waals surface area contributed by atoms with Crippen LogP contribution in [0.3, 0.4) is 0 Å². The lowest BCUT2D eigenvalue weighted by molar-refractivity contribution is 0.0981. The number of thiazole rings is 1. The molecule has 6 nitrogen and oxygen atoms in total. The summed E-state index contributed by atoms with van der Waals surface area (Å²) in [4.78, 5) is 24.6. The maximum absolute atomic E-state index is 13.7. The molecule has 0 N–H and O–H groups in total. The van der Waals surface area contributed by atoms with E-state index in [0.29, 0.717) is 22.2 Å². The van der Waals surface area contributed by atoms with Crippen molar-refractivity contribution in [2.75, 3.05) is 19.1 Å². The summed E-state index contributed by atoms with van der Waals surface area (Å²) in [5, 5.41) is 0.612. The molecule has 4 rings (SSSR count). The Kier molecular flexibility index (Phi) is 5.86. The second kappa shape index (κ2) is 8.73. The molecule has 7 heteroatoms. The summed E-state index contributed by atoms with van der Waals surface area (Å²) in [6, 6.07) is 15.0. The standard InChI is InChI=1S/C24H23N3O3S/c1-15-11-20-22(12-16(15)2)31-24(26-20)27(14-17-7-5-6-10-25-17)23(28)19-13-18(29-3)8-9-21(19)30-4/h5-13H,14H2,1-4H3. The summed E-state index contributed by atoms with van der Waals surface area (Å²) < 4.78 is 11.8. The molecule has 0 aliphatic rings. The predicted molar refractivity (Wildman–Crippen MR) is 123 cm³/mol. The number of hydrogen-bond donors (Lipinski definition) is 0. The number of rotatable bonds is 6. The van der Waals surface area contributed by atoms with Crippen molar-refractivity contribution in [2.45, 2.75) is 20.4 Å². The first-order chi connectivity index (χ1) is 15.0. The molecule has 4 aromatic rings. The fourth-order valence-electron chi connectivity index (χ4n) is 3.29. The Morgan fingerprint density at radius 2 is 1.84 bits per heavy atom. The smallest absolute Gasteiger partial charge is 0.264 e. The first kappa shape index (κ1) is 20.8. The minimum atomic E-state index is -0.228. The quantitative estimate of drug-likeness (QED) is 0.420. The van der Waals surface area contributed by atoms with Crippen LogP contribution in [0.5, 0.6) is 11.5 Å². The molecule has 158 valence electrons. The molecule has 2 aromatic heterocycles. The molecule has 0 fully saturated rings. The van der Waals surface area contributed by atoms with Crippen LogP contribution in [0.25, 0.3) is 10.2 Å². The topological polar surface area (TPSA) is 64.6 Å². The van der Waals surface area contributed by atoms with Gasteiger partial charge in [0, 0.05) is 6.20 Å². The number of methoxy groups -OCH3 is 2. The molecule has 0 aliphatic carbocycles. The number of aromatic nitrogens is 2. The summed E-state index contributed by atoms with van der Waals surface area (Å²) in [6.45, 7) is 4.43. The Hall–Kier alpha value is -3.45. The summed E-state index contributed by atoms with van der Waals surface area (Å²) in [7, 11) is 3.12. The van der Waals surface area contributed by atoms with E-state index >= 15 is 0 Å². The fourth-order valence-corrected chi connectivity index (χ4v) is 4.33. The van der Waals surface area contributed by atoms with Gasteiger partial charge in [-0.25, -0.2) is 4.98 Å². The average molecular weight is 434 g/mol. The normalized spacial score (nSPS) is 10.8. The highest BCUT2D eigenvalue weighted by atomic mass is 32.1. The number of aryl methyl sites for hydroxylation is 2. The van der Waals surface area contributed by atoms with Crippen molar-refractivity contribution in [3.63, 3.8) is 0 Å². The third kappa shape index (κ3) is 4.22. The SMILES string of the molecule is COc1ccc(OC)c(C(=O)N(Cc2ccccn2)c2nc3cc(C)c(C)cc3s2)c1. The zero-order valence-electron chi connectivity index (χ0n) is 17.9. The van der Waals surface area contributed by atoms with Gasteiger partial charge < -0.3 is 9.47 Å². The van der Waals surface area contributed by atoms with Gasteiger partial charge in [0.25, 0.3) is 5.91 Å². The van der Waals surface area contributed by atoms with Crippen molar-refractivity contribution < 1.29 is 14.3 Å².